The molecule has 1 rings (SSSR count). The predicted octanol–water partition coefficient (Wildman–Crippen LogP) is 2.10. The first kappa shape index (κ1) is 9.90. The molecule has 0 aromatic heterocycles. The molecule has 72 valence electrons. The average molecular weight is 180 g/mol. The zero-order valence-electron chi connectivity index (χ0n) is 7.49. The van der Waals surface area contributed by atoms with Crippen molar-refractivity contribution in [3.05, 3.63) is 0 Å². The highest BCUT2D eigenvalue weighted by Crippen LogP contribution is 2.29. The van der Waals surface area contributed by atoms with Crippen molar-refractivity contribution < 1.29 is 12.9 Å². The van der Waals surface area contributed by atoms with E-state index in [1.54, 1.807) is 0 Å². The Hall–Kier alpha value is -0.185. The molecule has 5 heteroatoms. The molecule has 1 nitrogen and oxygen atoms in total. The SMILES string of the molecule is CC1(C)CCN(C[B-](F)(F)F)C1. The van der Waals surface area contributed by atoms with E-state index in [9.17, 15) is 12.9 Å². The standard InChI is InChI=1S/C7H14BF3N/c1-7(2)3-4-12(5-7)6-8(9,10)11/h3-6H2,1-2H3/q-1. The number of hydrogen-bond acceptors (Lipinski definition) is 1. The first-order chi connectivity index (χ1) is 5.29. The van der Waals surface area contributed by atoms with Crippen LogP contribution in [-0.4, -0.2) is 31.4 Å². The van der Waals surface area contributed by atoms with Gasteiger partial charge in [0.1, 0.15) is 0 Å². The van der Waals surface area contributed by atoms with Crippen molar-refractivity contribution in [2.75, 3.05) is 19.5 Å². The number of hydrogen-bond donors (Lipinski definition) is 0. The molecular formula is C7H14BF3N-. The third-order valence-electron chi connectivity index (χ3n) is 2.22. The Morgan fingerprint density at radius 3 is 2.25 bits per heavy atom. The normalized spacial score (nSPS) is 24.8. The lowest BCUT2D eigenvalue weighted by Crippen LogP contribution is -2.37. The molecule has 0 aromatic carbocycles. The van der Waals surface area contributed by atoms with Crippen molar-refractivity contribution in [2.45, 2.75) is 20.3 Å². The lowest BCUT2D eigenvalue weighted by Gasteiger charge is -2.24. The first-order valence-electron chi connectivity index (χ1n) is 4.22. The van der Waals surface area contributed by atoms with Gasteiger partial charge in [-0.1, -0.05) is 13.8 Å². The van der Waals surface area contributed by atoms with Gasteiger partial charge in [0.15, 0.2) is 0 Å². The molecule has 0 spiro atoms. The van der Waals surface area contributed by atoms with Gasteiger partial charge < -0.3 is 17.8 Å². The summed E-state index contributed by atoms with van der Waals surface area (Å²) >= 11 is 0. The van der Waals surface area contributed by atoms with Crippen molar-refractivity contribution in [3.8, 4) is 0 Å². The van der Waals surface area contributed by atoms with Gasteiger partial charge in [0, 0.05) is 6.54 Å². The van der Waals surface area contributed by atoms with Crippen molar-refractivity contribution in [1.82, 2.24) is 4.90 Å². The molecule has 0 atom stereocenters. The van der Waals surface area contributed by atoms with E-state index in [2.05, 4.69) is 0 Å². The molecule has 0 saturated carbocycles. The minimum Gasteiger partial charge on any atom is -0.448 e. The van der Waals surface area contributed by atoms with Crippen LogP contribution in [0.4, 0.5) is 12.9 Å². The summed E-state index contributed by atoms with van der Waals surface area (Å²) in [7, 11) is 0. The maximum atomic E-state index is 12.0. The van der Waals surface area contributed by atoms with Gasteiger partial charge in [-0.25, -0.2) is 0 Å². The monoisotopic (exact) mass is 180 g/mol. The number of halogens is 3. The van der Waals surface area contributed by atoms with Crippen molar-refractivity contribution in [2.24, 2.45) is 5.41 Å². The quantitative estimate of drug-likeness (QED) is 0.588. The van der Waals surface area contributed by atoms with Gasteiger partial charge in [0.05, 0.1) is 0 Å². The lowest BCUT2D eigenvalue weighted by molar-refractivity contribution is 0.293. The fourth-order valence-electron chi connectivity index (χ4n) is 1.67. The van der Waals surface area contributed by atoms with E-state index in [0.29, 0.717) is 13.1 Å². The molecule has 0 radical (unpaired) electrons. The Labute approximate surface area is 71.0 Å². The second-order valence-electron chi connectivity index (χ2n) is 4.36. The molecular weight excluding hydrogens is 166 g/mol. The molecule has 0 aromatic rings. The fourth-order valence-corrected chi connectivity index (χ4v) is 1.67. The van der Waals surface area contributed by atoms with Crippen LogP contribution in [0.2, 0.25) is 0 Å². The Morgan fingerprint density at radius 2 is 1.92 bits per heavy atom. The molecule has 0 aliphatic carbocycles. The van der Waals surface area contributed by atoms with E-state index in [4.69, 9.17) is 0 Å². The minimum atomic E-state index is -4.63. The van der Waals surface area contributed by atoms with Crippen LogP contribution in [0.5, 0.6) is 0 Å². The molecule has 0 N–H and O–H groups in total. The van der Waals surface area contributed by atoms with Gasteiger partial charge in [-0.3, -0.25) is 0 Å². The van der Waals surface area contributed by atoms with Gasteiger partial charge in [-0.05, 0) is 24.8 Å². The van der Waals surface area contributed by atoms with E-state index in [-0.39, 0.29) is 5.41 Å². The molecule has 1 heterocycles. The van der Waals surface area contributed by atoms with Crippen LogP contribution in [0.25, 0.3) is 0 Å². The smallest absolute Gasteiger partial charge is 0.448 e. The zero-order chi connectivity index (χ0) is 9.41. The maximum Gasteiger partial charge on any atom is 0.492 e. The second-order valence-corrected chi connectivity index (χ2v) is 4.36. The largest absolute Gasteiger partial charge is 0.492 e. The van der Waals surface area contributed by atoms with Crippen LogP contribution in [-0.2, 0) is 0 Å². The Kier molecular flexibility index (Phi) is 2.43. The van der Waals surface area contributed by atoms with E-state index >= 15 is 0 Å². The molecule has 1 aliphatic heterocycles. The minimum absolute atomic E-state index is 0.0708. The van der Waals surface area contributed by atoms with Crippen LogP contribution >= 0.6 is 0 Å². The molecule has 1 aliphatic rings. The molecule has 0 unspecified atom stereocenters. The predicted molar refractivity (Wildman–Crippen MR) is 43.9 cm³/mol. The molecule has 12 heavy (non-hydrogen) atoms. The van der Waals surface area contributed by atoms with Crippen LogP contribution in [0.3, 0.4) is 0 Å². The summed E-state index contributed by atoms with van der Waals surface area (Å²) in [6, 6.07) is 0. The van der Waals surface area contributed by atoms with E-state index in [0.717, 1.165) is 6.42 Å². The summed E-state index contributed by atoms with van der Waals surface area (Å²) in [4.78, 5) is 1.50. The van der Waals surface area contributed by atoms with Gasteiger partial charge in [-0.2, -0.15) is 0 Å². The highest BCUT2D eigenvalue weighted by molar-refractivity contribution is 6.58. The Morgan fingerprint density at radius 1 is 1.33 bits per heavy atom. The maximum absolute atomic E-state index is 12.0. The third kappa shape index (κ3) is 3.05. The van der Waals surface area contributed by atoms with Gasteiger partial charge in [0.25, 0.3) is 0 Å². The van der Waals surface area contributed by atoms with E-state index in [1.807, 2.05) is 13.8 Å². The average Bonchev–Trinajstić information content (AvgIpc) is 2.05. The summed E-state index contributed by atoms with van der Waals surface area (Å²) in [5, 5.41) is 0. The van der Waals surface area contributed by atoms with Crippen LogP contribution in [0.15, 0.2) is 0 Å². The number of likely N-dealkylation sites (tertiary alicyclic amines) is 1. The number of rotatable bonds is 2. The highest BCUT2D eigenvalue weighted by atomic mass is 19.4. The van der Waals surface area contributed by atoms with Crippen LogP contribution < -0.4 is 0 Å². The third-order valence-corrected chi connectivity index (χ3v) is 2.22. The van der Waals surface area contributed by atoms with E-state index < -0.39 is 13.4 Å². The first-order valence-corrected chi connectivity index (χ1v) is 4.22. The van der Waals surface area contributed by atoms with Crippen molar-refractivity contribution in [3.63, 3.8) is 0 Å². The van der Waals surface area contributed by atoms with Crippen molar-refractivity contribution >= 4 is 6.98 Å². The molecule has 0 bridgehead atoms. The van der Waals surface area contributed by atoms with Gasteiger partial charge in [-0.15, -0.1) is 0 Å². The summed E-state index contributed by atoms with van der Waals surface area (Å²) in [5.41, 5.74) is 0.0708. The van der Waals surface area contributed by atoms with Crippen LogP contribution in [0, 0.1) is 5.41 Å². The van der Waals surface area contributed by atoms with Gasteiger partial charge >= 0.3 is 6.98 Å². The summed E-state index contributed by atoms with van der Waals surface area (Å²) in [6.07, 6.45) is 0.183. The van der Waals surface area contributed by atoms with Gasteiger partial charge in [0.2, 0.25) is 0 Å². The number of nitrogens with zero attached hydrogens (tertiary/aromatic N) is 1. The molecule has 1 fully saturated rings. The lowest BCUT2D eigenvalue weighted by atomic mass is 9.90. The summed E-state index contributed by atoms with van der Waals surface area (Å²) < 4.78 is 35.9. The van der Waals surface area contributed by atoms with Crippen LogP contribution in [0.1, 0.15) is 20.3 Å². The van der Waals surface area contributed by atoms with Crippen molar-refractivity contribution in [1.29, 1.82) is 0 Å². The summed E-state index contributed by atoms with van der Waals surface area (Å²) in [6.45, 7) is 0.556. The molecule has 1 saturated heterocycles. The van der Waals surface area contributed by atoms with E-state index in [1.165, 1.54) is 4.90 Å². The Balaban J connectivity index is 2.39. The fraction of sp³-hybridized carbons (Fsp3) is 1.00. The topological polar surface area (TPSA) is 3.24 Å². The second kappa shape index (κ2) is 2.94. The Bertz CT molecular complexity index is 167. The highest BCUT2D eigenvalue weighted by Gasteiger charge is 2.34. The zero-order valence-corrected chi connectivity index (χ0v) is 7.49. The summed E-state index contributed by atoms with van der Waals surface area (Å²) in [5.74, 6) is 0. The molecule has 0 amide bonds.